The van der Waals surface area contributed by atoms with E-state index in [0.29, 0.717) is 17.0 Å². The summed E-state index contributed by atoms with van der Waals surface area (Å²) in [5.41, 5.74) is 9.24. The molecule has 0 spiro atoms. The smallest absolute Gasteiger partial charge is 0.250 e. The normalized spacial score (nSPS) is 14.5. The second-order valence-electron chi connectivity index (χ2n) is 9.91. The van der Waals surface area contributed by atoms with Crippen molar-refractivity contribution in [2.75, 3.05) is 17.2 Å². The van der Waals surface area contributed by atoms with Crippen LogP contribution < -0.4 is 21.3 Å². The molecule has 5 N–H and O–H groups in total. The van der Waals surface area contributed by atoms with E-state index in [1.807, 2.05) is 84.9 Å². The van der Waals surface area contributed by atoms with E-state index in [0.717, 1.165) is 21.6 Å². The first-order valence-electron chi connectivity index (χ1n) is 13.5. The fraction of sp³-hybridized carbons (Fsp3) is 0.152. The third-order valence-corrected chi connectivity index (χ3v) is 8.18. The van der Waals surface area contributed by atoms with Crippen LogP contribution in [0.2, 0.25) is 0 Å². The van der Waals surface area contributed by atoms with Crippen molar-refractivity contribution in [1.82, 2.24) is 10.6 Å². The molecule has 5 rings (SSSR count). The number of rotatable bonds is 9. The Morgan fingerprint density at radius 2 is 1.48 bits per heavy atom. The van der Waals surface area contributed by atoms with E-state index < -0.39 is 12.0 Å². The van der Waals surface area contributed by atoms with Crippen molar-refractivity contribution in [3.63, 3.8) is 0 Å². The average Bonchev–Trinajstić information content (AvgIpc) is 3.14. The van der Waals surface area contributed by atoms with Crippen molar-refractivity contribution in [1.29, 1.82) is 5.41 Å². The van der Waals surface area contributed by atoms with Gasteiger partial charge < -0.3 is 21.3 Å². The highest BCUT2D eigenvalue weighted by Gasteiger charge is 2.35. The Labute approximate surface area is 248 Å². The molecule has 212 valence electrons. The molecule has 4 aromatic rings. The van der Waals surface area contributed by atoms with Gasteiger partial charge in [-0.1, -0.05) is 97.1 Å². The number of nitrogens with one attached hydrogen (secondary N) is 3. The minimum Gasteiger partial charge on any atom is -0.384 e. The second kappa shape index (κ2) is 13.2. The number of nitrogens with two attached hydrogens (primary N) is 1. The van der Waals surface area contributed by atoms with E-state index in [2.05, 4.69) is 10.6 Å². The summed E-state index contributed by atoms with van der Waals surface area (Å²) in [6.07, 6.45) is 0. The number of amides is 3. The number of hydrogen-bond acceptors (Lipinski definition) is 5. The summed E-state index contributed by atoms with van der Waals surface area (Å²) in [7, 11) is 0. The van der Waals surface area contributed by atoms with Gasteiger partial charge in [0.1, 0.15) is 18.4 Å². The van der Waals surface area contributed by atoms with Gasteiger partial charge in [0.25, 0.3) is 5.91 Å². The largest absolute Gasteiger partial charge is 0.384 e. The van der Waals surface area contributed by atoms with Crippen LogP contribution in [0.5, 0.6) is 0 Å². The lowest BCUT2D eigenvalue weighted by atomic mass is 9.90. The van der Waals surface area contributed by atoms with Crippen LogP contribution in [0.3, 0.4) is 0 Å². The molecular formula is C33H31N5O3S. The SMILES string of the molecule is N=C(N)c1ccc(CNC(=O)CN2C(=O)[C@H](NC(=O)C(c3ccccc3)c3ccccc3)CSc3ccccc32)cc1. The van der Waals surface area contributed by atoms with Crippen LogP contribution in [-0.4, -0.2) is 41.9 Å². The van der Waals surface area contributed by atoms with Crippen LogP contribution in [0.15, 0.2) is 114 Å². The number of carbonyl (C=O) groups excluding carboxylic acids is 3. The number of fused-ring (bicyclic) bond motifs is 1. The number of carbonyl (C=O) groups is 3. The molecule has 0 bridgehead atoms. The Bertz CT molecular complexity index is 1540. The molecule has 0 aliphatic carbocycles. The molecule has 42 heavy (non-hydrogen) atoms. The number of thioether (sulfide) groups is 1. The molecule has 4 aromatic carbocycles. The first kappa shape index (κ1) is 28.6. The minimum absolute atomic E-state index is 0.0256. The summed E-state index contributed by atoms with van der Waals surface area (Å²) in [5.74, 6) is -1.25. The van der Waals surface area contributed by atoms with Crippen LogP contribution in [-0.2, 0) is 20.9 Å². The zero-order chi connectivity index (χ0) is 29.5. The van der Waals surface area contributed by atoms with Crippen molar-refractivity contribution in [3.8, 4) is 0 Å². The molecule has 1 aliphatic rings. The van der Waals surface area contributed by atoms with Crippen LogP contribution in [0.4, 0.5) is 5.69 Å². The van der Waals surface area contributed by atoms with Crippen LogP contribution in [0.25, 0.3) is 0 Å². The molecular weight excluding hydrogens is 546 g/mol. The maximum atomic E-state index is 13.9. The number of nitrogen functional groups attached to an aromatic ring is 1. The van der Waals surface area contributed by atoms with Gasteiger partial charge in [0, 0.05) is 22.8 Å². The lowest BCUT2D eigenvalue weighted by Crippen LogP contribution is -2.52. The van der Waals surface area contributed by atoms with Gasteiger partial charge in [-0.3, -0.25) is 19.8 Å². The molecule has 1 aliphatic heterocycles. The third kappa shape index (κ3) is 6.70. The summed E-state index contributed by atoms with van der Waals surface area (Å²) < 4.78 is 0. The molecule has 0 fully saturated rings. The van der Waals surface area contributed by atoms with Crippen molar-refractivity contribution >= 4 is 41.0 Å². The maximum absolute atomic E-state index is 13.9. The molecule has 0 unspecified atom stereocenters. The van der Waals surface area contributed by atoms with Gasteiger partial charge in [0.15, 0.2) is 0 Å². The number of benzene rings is 4. The van der Waals surface area contributed by atoms with E-state index in [1.165, 1.54) is 16.7 Å². The van der Waals surface area contributed by atoms with Gasteiger partial charge >= 0.3 is 0 Å². The monoisotopic (exact) mass is 577 g/mol. The number of nitrogens with zero attached hydrogens (tertiary/aromatic N) is 1. The summed E-state index contributed by atoms with van der Waals surface area (Å²) in [6.45, 7) is 0.0561. The quantitative estimate of drug-likeness (QED) is 0.176. The number of anilines is 1. The fourth-order valence-corrected chi connectivity index (χ4v) is 5.94. The van der Waals surface area contributed by atoms with Gasteiger partial charge in [-0.05, 0) is 28.8 Å². The maximum Gasteiger partial charge on any atom is 0.250 e. The highest BCUT2D eigenvalue weighted by atomic mass is 32.2. The molecule has 0 saturated heterocycles. The highest BCUT2D eigenvalue weighted by molar-refractivity contribution is 7.99. The first-order chi connectivity index (χ1) is 20.4. The molecule has 0 aromatic heterocycles. The summed E-state index contributed by atoms with van der Waals surface area (Å²) in [6, 6.07) is 32.6. The second-order valence-corrected chi connectivity index (χ2v) is 11.0. The Morgan fingerprint density at radius 1 is 0.881 bits per heavy atom. The predicted molar refractivity (Wildman–Crippen MR) is 165 cm³/mol. The van der Waals surface area contributed by atoms with Crippen molar-refractivity contribution in [2.24, 2.45) is 5.73 Å². The number of hydrogen-bond donors (Lipinski definition) is 4. The van der Waals surface area contributed by atoms with Crippen LogP contribution >= 0.6 is 11.8 Å². The standard InChI is InChI=1S/C33H31N5O3S/c34-31(35)25-17-15-22(16-18-25)19-36-29(39)20-38-27-13-7-8-14-28(27)42-21-26(33(38)41)37-32(40)30(23-9-3-1-4-10-23)24-11-5-2-6-12-24/h1-18,26,30H,19-21H2,(H3,34,35)(H,36,39)(H,37,40)/t26-/m1/s1. The van der Waals surface area contributed by atoms with Crippen LogP contribution in [0.1, 0.15) is 28.2 Å². The van der Waals surface area contributed by atoms with E-state index >= 15 is 0 Å². The van der Waals surface area contributed by atoms with Gasteiger partial charge in [0.05, 0.1) is 11.6 Å². The minimum atomic E-state index is -0.836. The van der Waals surface area contributed by atoms with Gasteiger partial charge in [0.2, 0.25) is 11.8 Å². The molecule has 0 radical (unpaired) electrons. The first-order valence-corrected chi connectivity index (χ1v) is 14.5. The van der Waals surface area contributed by atoms with Crippen molar-refractivity contribution in [3.05, 3.63) is 131 Å². The fourth-order valence-electron chi connectivity index (χ4n) is 4.86. The topological polar surface area (TPSA) is 128 Å². The molecule has 0 saturated carbocycles. The molecule has 8 nitrogen and oxygen atoms in total. The Balaban J connectivity index is 1.34. The third-order valence-electron chi connectivity index (χ3n) is 7.03. The lowest BCUT2D eigenvalue weighted by Gasteiger charge is -2.27. The van der Waals surface area contributed by atoms with E-state index in [1.54, 1.807) is 24.3 Å². The number of amidine groups is 1. The average molecular weight is 578 g/mol. The Morgan fingerprint density at radius 3 is 2.10 bits per heavy atom. The van der Waals surface area contributed by atoms with E-state index in [-0.39, 0.29) is 36.6 Å². The Hall–Kier alpha value is -4.89. The van der Waals surface area contributed by atoms with Crippen LogP contribution in [0, 0.1) is 5.41 Å². The molecule has 9 heteroatoms. The summed E-state index contributed by atoms with van der Waals surface area (Å²) >= 11 is 1.47. The van der Waals surface area contributed by atoms with E-state index in [9.17, 15) is 14.4 Å². The predicted octanol–water partition coefficient (Wildman–Crippen LogP) is 4.04. The summed E-state index contributed by atoms with van der Waals surface area (Å²) in [5, 5.41) is 13.4. The lowest BCUT2D eigenvalue weighted by molar-refractivity contribution is -0.128. The van der Waals surface area contributed by atoms with Gasteiger partial charge in [-0.25, -0.2) is 0 Å². The zero-order valence-corrected chi connectivity index (χ0v) is 23.6. The molecule has 1 heterocycles. The van der Waals surface area contributed by atoms with Crippen molar-refractivity contribution in [2.45, 2.75) is 23.4 Å². The van der Waals surface area contributed by atoms with E-state index in [4.69, 9.17) is 11.1 Å². The zero-order valence-electron chi connectivity index (χ0n) is 22.8. The number of para-hydroxylation sites is 1. The summed E-state index contributed by atoms with van der Waals surface area (Å²) in [4.78, 5) is 43.1. The molecule has 3 amide bonds. The highest BCUT2D eigenvalue weighted by Crippen LogP contribution is 2.34. The molecule has 1 atom stereocenters. The Kier molecular flexibility index (Phi) is 8.99. The van der Waals surface area contributed by atoms with Gasteiger partial charge in [-0.15, -0.1) is 11.8 Å². The van der Waals surface area contributed by atoms with Crippen molar-refractivity contribution < 1.29 is 14.4 Å². The van der Waals surface area contributed by atoms with Gasteiger partial charge in [-0.2, -0.15) is 0 Å².